The van der Waals surface area contributed by atoms with Crippen molar-refractivity contribution in [3.63, 3.8) is 0 Å². The van der Waals surface area contributed by atoms with Crippen LogP contribution in [0.15, 0.2) is 30.9 Å². The van der Waals surface area contributed by atoms with Gasteiger partial charge in [-0.3, -0.25) is 29.3 Å². The summed E-state index contributed by atoms with van der Waals surface area (Å²) in [6.07, 6.45) is 1.38. The van der Waals surface area contributed by atoms with Crippen molar-refractivity contribution in [1.29, 1.82) is 0 Å². The predicted octanol–water partition coefficient (Wildman–Crippen LogP) is 4.36. The van der Waals surface area contributed by atoms with Gasteiger partial charge in [-0.1, -0.05) is 56.4 Å². The number of sulfonamides is 1. The van der Waals surface area contributed by atoms with Crippen molar-refractivity contribution in [3.8, 4) is 0 Å². The van der Waals surface area contributed by atoms with Crippen LogP contribution in [0.5, 0.6) is 0 Å². The first kappa shape index (κ1) is 38.6. The van der Waals surface area contributed by atoms with Crippen molar-refractivity contribution in [2.75, 3.05) is 6.54 Å². The minimum Gasteiger partial charge on any atom is -0.444 e. The van der Waals surface area contributed by atoms with E-state index < -0.39 is 86.9 Å². The van der Waals surface area contributed by atoms with E-state index in [0.29, 0.717) is 58.0 Å². The highest BCUT2D eigenvalue weighted by atomic mass is 32.2. The Balaban J connectivity index is 1.19. The highest BCUT2D eigenvalue weighted by Crippen LogP contribution is 2.46. The van der Waals surface area contributed by atoms with Crippen LogP contribution in [-0.4, -0.2) is 89.8 Å². The number of alkyl halides is 3. The zero-order valence-electron chi connectivity index (χ0n) is 30.4. The average Bonchev–Trinajstić information content (AvgIpc) is 4.02. The number of aryl methyl sites for hydroxylation is 1. The first-order chi connectivity index (χ1) is 25.7. The lowest BCUT2D eigenvalue weighted by molar-refractivity contribution is -0.164. The smallest absolute Gasteiger partial charge is 0.410 e. The first-order valence-electron chi connectivity index (χ1n) is 19.4. The van der Waals surface area contributed by atoms with Crippen molar-refractivity contribution in [2.24, 2.45) is 11.8 Å². The second-order valence-corrected chi connectivity index (χ2v) is 18.0. The third-order valence-electron chi connectivity index (χ3n) is 12.3. The van der Waals surface area contributed by atoms with E-state index in [0.717, 1.165) is 36.0 Å². The quantitative estimate of drug-likeness (QED) is 0.346. The molecule has 3 heterocycles. The van der Waals surface area contributed by atoms with E-state index in [-0.39, 0.29) is 32.2 Å². The van der Waals surface area contributed by atoms with E-state index in [4.69, 9.17) is 4.74 Å². The predicted molar refractivity (Wildman–Crippen MR) is 191 cm³/mol. The van der Waals surface area contributed by atoms with Crippen molar-refractivity contribution in [3.05, 3.63) is 47.5 Å². The molecule has 2 unspecified atom stereocenters. The van der Waals surface area contributed by atoms with Crippen molar-refractivity contribution < 1.29 is 45.5 Å². The van der Waals surface area contributed by atoms with Crippen molar-refractivity contribution in [1.82, 2.24) is 25.2 Å². The molecule has 0 aromatic heterocycles. The third-order valence-corrected chi connectivity index (χ3v) is 14.1. The number of hydrogen-bond acceptors (Lipinski definition) is 8. The normalized spacial score (nSPS) is 31.3. The second kappa shape index (κ2) is 15.1. The molecule has 3 aliphatic carbocycles. The number of amides is 4. The van der Waals surface area contributed by atoms with Crippen molar-refractivity contribution >= 4 is 33.8 Å². The maximum atomic E-state index is 14.7. The van der Waals surface area contributed by atoms with Gasteiger partial charge in [-0.25, -0.2) is 13.2 Å². The highest BCUT2D eigenvalue weighted by molar-refractivity contribution is 7.91. The maximum Gasteiger partial charge on any atom is 0.410 e. The maximum absolute atomic E-state index is 14.7. The number of nitrogens with zero attached hydrogens (tertiary/aromatic N) is 2. The summed E-state index contributed by atoms with van der Waals surface area (Å²) in [4.78, 5) is 58.9. The fourth-order valence-electron chi connectivity index (χ4n) is 8.92. The molecule has 0 spiro atoms. The van der Waals surface area contributed by atoms with Gasteiger partial charge in [0.05, 0.1) is 17.8 Å². The second-order valence-electron chi connectivity index (χ2n) is 16.1. The lowest BCUT2D eigenvalue weighted by Gasteiger charge is -2.37. The summed E-state index contributed by atoms with van der Waals surface area (Å²) < 4.78 is 77.5. The zero-order valence-corrected chi connectivity index (χ0v) is 31.2. The fraction of sp³-hybridized carbons (Fsp3) is 0.684. The fourth-order valence-corrected chi connectivity index (χ4v) is 10.3. The molecular weight excluding hydrogens is 728 g/mol. The van der Waals surface area contributed by atoms with Crippen LogP contribution in [-0.2, 0) is 48.7 Å². The van der Waals surface area contributed by atoms with Gasteiger partial charge in [0, 0.05) is 25.4 Å². The molecule has 6 aliphatic rings. The van der Waals surface area contributed by atoms with Gasteiger partial charge < -0.3 is 15.0 Å². The number of halogens is 3. The topological polar surface area (TPSA) is 154 Å². The van der Waals surface area contributed by atoms with Crippen LogP contribution in [0.1, 0.15) is 100 Å². The minimum atomic E-state index is -4.64. The molecule has 296 valence electrons. The van der Waals surface area contributed by atoms with E-state index in [1.165, 1.54) is 11.0 Å². The van der Waals surface area contributed by atoms with Gasteiger partial charge in [-0.05, 0) is 74.0 Å². The van der Waals surface area contributed by atoms with E-state index >= 15 is 0 Å². The van der Waals surface area contributed by atoms with Gasteiger partial charge >= 0.3 is 12.3 Å². The van der Waals surface area contributed by atoms with Crippen LogP contribution < -0.4 is 15.4 Å². The minimum absolute atomic E-state index is 0.0738. The number of fused-ring (bicyclic) bond motifs is 3. The molecule has 12 nitrogen and oxygen atoms in total. The van der Waals surface area contributed by atoms with Gasteiger partial charge in [0.2, 0.25) is 21.8 Å². The Morgan fingerprint density at radius 2 is 1.69 bits per heavy atom. The SMILES string of the molecule is C=C[C@@H]1C[C@]1(NC(=O)[C@@H]1CC2CN1C(=O)[C@H](C1CCCCC1)NC(C(F)(F)F)CCCCCc1cccc3c1CN(C3)C(=O)O2)C(=O)NS(=O)(=O)C1CC1. The van der Waals surface area contributed by atoms with Gasteiger partial charge in [-0.2, -0.15) is 13.2 Å². The van der Waals surface area contributed by atoms with E-state index in [2.05, 4.69) is 21.9 Å². The van der Waals surface area contributed by atoms with Crippen LogP contribution in [0.4, 0.5) is 18.0 Å². The Kier molecular flexibility index (Phi) is 10.8. The number of nitrogens with one attached hydrogen (secondary N) is 3. The number of carbonyl (C=O) groups excluding carboxylic acids is 4. The molecule has 16 heteroatoms. The lowest BCUT2D eigenvalue weighted by Crippen LogP contribution is -2.61. The van der Waals surface area contributed by atoms with Gasteiger partial charge in [-0.15, -0.1) is 6.58 Å². The van der Waals surface area contributed by atoms with Crippen LogP contribution >= 0.6 is 0 Å². The van der Waals surface area contributed by atoms with Gasteiger partial charge in [0.25, 0.3) is 5.91 Å². The lowest BCUT2D eigenvalue weighted by atomic mass is 9.82. The van der Waals surface area contributed by atoms with E-state index in [9.17, 15) is 40.8 Å². The molecule has 4 amide bonds. The molecule has 54 heavy (non-hydrogen) atoms. The standard InChI is InChI=1S/C38H50F3N5O7S/c1-2-26-19-37(26,35(49)44-54(51,52)28-16-17-28)43-33(47)30-18-27-21-46(30)34(48)32(24-11-6-3-7-12-24)42-31(38(39,40)41)15-8-4-5-10-23-13-9-14-25-20-45(22-29(23)25)36(50)53-27/h2,9,13-14,24,26-28,30-32,42H,1,3-8,10-12,15-22H2,(H,43,47)(H,44,49)/t26-,27?,30+,31?,32+,37-/m1/s1. The third kappa shape index (κ3) is 8.00. The molecule has 6 atom stereocenters. The zero-order chi connectivity index (χ0) is 38.4. The Hall–Kier alpha value is -3.66. The number of hydrogen-bond donors (Lipinski definition) is 3. The number of rotatable bonds is 7. The summed E-state index contributed by atoms with van der Waals surface area (Å²) in [6, 6.07) is 1.31. The van der Waals surface area contributed by atoms with E-state index in [1.54, 1.807) is 4.90 Å². The molecule has 3 saturated carbocycles. The molecule has 1 aromatic rings. The summed E-state index contributed by atoms with van der Waals surface area (Å²) in [6.45, 7) is 4.11. The summed E-state index contributed by atoms with van der Waals surface area (Å²) in [5, 5.41) is 4.75. The molecule has 7 rings (SSSR count). The van der Waals surface area contributed by atoms with Crippen LogP contribution in [0.2, 0.25) is 0 Å². The molecule has 1 aromatic carbocycles. The van der Waals surface area contributed by atoms with Crippen molar-refractivity contribution in [2.45, 2.75) is 144 Å². The number of carbonyl (C=O) groups is 4. The summed E-state index contributed by atoms with van der Waals surface area (Å²) >= 11 is 0. The molecule has 3 N–H and O–H groups in total. The van der Waals surface area contributed by atoms with E-state index in [1.807, 2.05) is 18.2 Å². The molecular formula is C38H50F3N5O7S. The Labute approximate surface area is 314 Å². The Bertz CT molecular complexity index is 1760. The van der Waals surface area contributed by atoms with Crippen LogP contribution in [0.25, 0.3) is 0 Å². The largest absolute Gasteiger partial charge is 0.444 e. The van der Waals surface area contributed by atoms with Crippen LogP contribution in [0, 0.1) is 11.8 Å². The Morgan fingerprint density at radius 1 is 0.981 bits per heavy atom. The Morgan fingerprint density at radius 3 is 2.37 bits per heavy atom. The highest BCUT2D eigenvalue weighted by Gasteiger charge is 2.62. The van der Waals surface area contributed by atoms with Crippen LogP contribution in [0.3, 0.4) is 0 Å². The summed E-state index contributed by atoms with van der Waals surface area (Å²) in [7, 11) is -3.96. The molecule has 1 saturated heterocycles. The molecule has 4 bridgehead atoms. The number of benzene rings is 1. The molecule has 3 aliphatic heterocycles. The van der Waals surface area contributed by atoms with Gasteiger partial charge in [0.15, 0.2) is 0 Å². The molecule has 4 fully saturated rings. The average molecular weight is 778 g/mol. The first-order valence-corrected chi connectivity index (χ1v) is 20.9. The summed E-state index contributed by atoms with van der Waals surface area (Å²) in [5.41, 5.74) is 1.36. The van der Waals surface area contributed by atoms with Gasteiger partial charge in [0.1, 0.15) is 23.7 Å². The monoisotopic (exact) mass is 777 g/mol. The number of ether oxygens (including phenoxy) is 1. The molecule has 0 radical (unpaired) electrons. The summed E-state index contributed by atoms with van der Waals surface area (Å²) in [5.74, 6) is -3.40.